The van der Waals surface area contributed by atoms with Gasteiger partial charge in [0.1, 0.15) is 0 Å². The van der Waals surface area contributed by atoms with E-state index in [-0.39, 0.29) is 5.91 Å². The van der Waals surface area contributed by atoms with Crippen molar-refractivity contribution in [1.82, 2.24) is 15.1 Å². The highest BCUT2D eigenvalue weighted by Crippen LogP contribution is 2.02. The fourth-order valence-electron chi connectivity index (χ4n) is 2.08. The molecule has 1 aromatic heterocycles. The van der Waals surface area contributed by atoms with Crippen LogP contribution >= 0.6 is 0 Å². The SMILES string of the molecule is Cc1ccnn1CCCNC(=O)CCc1ccccc1. The van der Waals surface area contributed by atoms with Gasteiger partial charge < -0.3 is 5.32 Å². The van der Waals surface area contributed by atoms with Crippen molar-refractivity contribution in [2.45, 2.75) is 32.7 Å². The molecule has 1 heterocycles. The molecule has 0 spiro atoms. The van der Waals surface area contributed by atoms with Crippen molar-refractivity contribution in [2.24, 2.45) is 0 Å². The number of benzene rings is 1. The smallest absolute Gasteiger partial charge is 0.220 e. The third kappa shape index (κ3) is 4.53. The normalized spacial score (nSPS) is 10.4. The summed E-state index contributed by atoms with van der Waals surface area (Å²) >= 11 is 0. The quantitative estimate of drug-likeness (QED) is 0.786. The summed E-state index contributed by atoms with van der Waals surface area (Å²) < 4.78 is 1.95. The second-order valence-electron chi connectivity index (χ2n) is 4.88. The van der Waals surface area contributed by atoms with Crippen LogP contribution in [0.25, 0.3) is 0 Å². The Hall–Kier alpha value is -2.10. The number of amides is 1. The second-order valence-corrected chi connectivity index (χ2v) is 4.88. The van der Waals surface area contributed by atoms with Gasteiger partial charge in [-0.25, -0.2) is 0 Å². The van der Waals surface area contributed by atoms with E-state index in [1.807, 2.05) is 48.0 Å². The summed E-state index contributed by atoms with van der Waals surface area (Å²) in [5, 5.41) is 7.17. The van der Waals surface area contributed by atoms with Crippen molar-refractivity contribution in [3.8, 4) is 0 Å². The van der Waals surface area contributed by atoms with Gasteiger partial charge in [0.2, 0.25) is 5.91 Å². The van der Waals surface area contributed by atoms with Crippen LogP contribution in [-0.4, -0.2) is 22.2 Å². The Morgan fingerprint density at radius 2 is 2.05 bits per heavy atom. The van der Waals surface area contributed by atoms with Gasteiger partial charge in [0.25, 0.3) is 0 Å². The van der Waals surface area contributed by atoms with Gasteiger partial charge in [0.15, 0.2) is 0 Å². The van der Waals surface area contributed by atoms with Crippen LogP contribution in [0.3, 0.4) is 0 Å². The number of hydrogen-bond acceptors (Lipinski definition) is 2. The molecule has 0 aliphatic heterocycles. The van der Waals surface area contributed by atoms with E-state index in [9.17, 15) is 4.79 Å². The number of carbonyl (C=O) groups excluding carboxylic acids is 1. The predicted octanol–water partition coefficient (Wildman–Crippen LogP) is 2.33. The number of rotatable bonds is 7. The van der Waals surface area contributed by atoms with Crippen LogP contribution in [-0.2, 0) is 17.8 Å². The number of aromatic nitrogens is 2. The zero-order chi connectivity index (χ0) is 14.2. The molecular formula is C16H21N3O. The van der Waals surface area contributed by atoms with Gasteiger partial charge in [-0.15, -0.1) is 0 Å². The van der Waals surface area contributed by atoms with Gasteiger partial charge in [-0.1, -0.05) is 30.3 Å². The van der Waals surface area contributed by atoms with Gasteiger partial charge in [-0.3, -0.25) is 9.48 Å². The Kier molecular flexibility index (Phi) is 5.35. The third-order valence-electron chi connectivity index (χ3n) is 3.28. The lowest BCUT2D eigenvalue weighted by atomic mass is 10.1. The average molecular weight is 271 g/mol. The molecule has 0 aliphatic carbocycles. The fraction of sp³-hybridized carbons (Fsp3) is 0.375. The fourth-order valence-corrected chi connectivity index (χ4v) is 2.08. The zero-order valence-corrected chi connectivity index (χ0v) is 11.9. The van der Waals surface area contributed by atoms with E-state index in [4.69, 9.17) is 0 Å². The highest BCUT2D eigenvalue weighted by Gasteiger charge is 2.02. The summed E-state index contributed by atoms with van der Waals surface area (Å²) in [6.07, 6.45) is 4.04. The number of aryl methyl sites for hydroxylation is 3. The molecule has 1 aromatic carbocycles. The van der Waals surface area contributed by atoms with Crippen LogP contribution in [0.15, 0.2) is 42.6 Å². The summed E-state index contributed by atoms with van der Waals surface area (Å²) in [5.74, 6) is 0.117. The molecule has 20 heavy (non-hydrogen) atoms. The van der Waals surface area contributed by atoms with E-state index in [2.05, 4.69) is 10.4 Å². The summed E-state index contributed by atoms with van der Waals surface area (Å²) in [5.41, 5.74) is 2.36. The first-order valence-corrected chi connectivity index (χ1v) is 7.05. The highest BCUT2D eigenvalue weighted by atomic mass is 16.1. The van der Waals surface area contributed by atoms with Crippen LogP contribution in [0, 0.1) is 6.92 Å². The van der Waals surface area contributed by atoms with Gasteiger partial charge in [-0.2, -0.15) is 5.10 Å². The molecule has 0 saturated heterocycles. The monoisotopic (exact) mass is 271 g/mol. The lowest BCUT2D eigenvalue weighted by molar-refractivity contribution is -0.121. The van der Waals surface area contributed by atoms with Crippen molar-refractivity contribution < 1.29 is 4.79 Å². The molecule has 2 rings (SSSR count). The van der Waals surface area contributed by atoms with E-state index >= 15 is 0 Å². The molecule has 0 unspecified atom stereocenters. The van der Waals surface area contributed by atoms with Crippen LogP contribution in [0.1, 0.15) is 24.1 Å². The zero-order valence-electron chi connectivity index (χ0n) is 11.9. The molecule has 0 bridgehead atoms. The van der Waals surface area contributed by atoms with E-state index in [0.29, 0.717) is 13.0 Å². The maximum absolute atomic E-state index is 11.7. The van der Waals surface area contributed by atoms with Crippen LogP contribution in [0.2, 0.25) is 0 Å². The summed E-state index contributed by atoms with van der Waals surface area (Å²) in [7, 11) is 0. The number of carbonyl (C=O) groups is 1. The lowest BCUT2D eigenvalue weighted by Gasteiger charge is -2.07. The molecule has 4 nitrogen and oxygen atoms in total. The molecular weight excluding hydrogens is 250 g/mol. The van der Waals surface area contributed by atoms with Crippen molar-refractivity contribution in [1.29, 1.82) is 0 Å². The topological polar surface area (TPSA) is 46.9 Å². The first-order valence-electron chi connectivity index (χ1n) is 7.05. The minimum absolute atomic E-state index is 0.117. The molecule has 106 valence electrons. The summed E-state index contributed by atoms with van der Waals surface area (Å²) in [6.45, 7) is 3.58. The van der Waals surface area contributed by atoms with Gasteiger partial charge in [0, 0.05) is 31.4 Å². The number of hydrogen-bond donors (Lipinski definition) is 1. The summed E-state index contributed by atoms with van der Waals surface area (Å²) in [6, 6.07) is 12.1. The van der Waals surface area contributed by atoms with Crippen LogP contribution in [0.5, 0.6) is 0 Å². The Morgan fingerprint density at radius 3 is 2.75 bits per heavy atom. The molecule has 2 aromatic rings. The standard InChI is InChI=1S/C16H21N3O/c1-14-10-12-18-19(14)13-5-11-17-16(20)9-8-15-6-3-2-4-7-15/h2-4,6-7,10,12H,5,8-9,11,13H2,1H3,(H,17,20). The molecule has 0 radical (unpaired) electrons. The second kappa shape index (κ2) is 7.48. The Labute approximate surface area is 119 Å². The maximum atomic E-state index is 11.7. The van der Waals surface area contributed by atoms with E-state index in [1.54, 1.807) is 6.20 Å². The summed E-state index contributed by atoms with van der Waals surface area (Å²) in [4.78, 5) is 11.7. The first-order chi connectivity index (χ1) is 9.75. The van der Waals surface area contributed by atoms with Crippen molar-refractivity contribution in [3.05, 3.63) is 53.9 Å². The molecule has 1 amide bonds. The van der Waals surface area contributed by atoms with Crippen molar-refractivity contribution >= 4 is 5.91 Å². The minimum Gasteiger partial charge on any atom is -0.356 e. The maximum Gasteiger partial charge on any atom is 0.220 e. The first kappa shape index (κ1) is 14.3. The molecule has 0 aliphatic rings. The molecule has 0 fully saturated rings. The van der Waals surface area contributed by atoms with Gasteiger partial charge in [-0.05, 0) is 31.4 Å². The van der Waals surface area contributed by atoms with Crippen LogP contribution in [0.4, 0.5) is 0 Å². The van der Waals surface area contributed by atoms with E-state index < -0.39 is 0 Å². The van der Waals surface area contributed by atoms with Gasteiger partial charge >= 0.3 is 0 Å². The third-order valence-corrected chi connectivity index (χ3v) is 3.28. The largest absolute Gasteiger partial charge is 0.356 e. The van der Waals surface area contributed by atoms with Gasteiger partial charge in [0.05, 0.1) is 0 Å². The molecule has 4 heteroatoms. The Balaban J connectivity index is 1.60. The molecule has 1 N–H and O–H groups in total. The molecule has 0 atom stereocenters. The van der Waals surface area contributed by atoms with Crippen molar-refractivity contribution in [2.75, 3.05) is 6.54 Å². The number of nitrogens with one attached hydrogen (secondary N) is 1. The van der Waals surface area contributed by atoms with Crippen LogP contribution < -0.4 is 5.32 Å². The molecule has 0 saturated carbocycles. The average Bonchev–Trinajstić information content (AvgIpc) is 2.88. The number of nitrogens with zero attached hydrogens (tertiary/aromatic N) is 2. The minimum atomic E-state index is 0.117. The Morgan fingerprint density at radius 1 is 1.25 bits per heavy atom. The Bertz CT molecular complexity index is 534. The predicted molar refractivity (Wildman–Crippen MR) is 79.4 cm³/mol. The van der Waals surface area contributed by atoms with E-state index in [1.165, 1.54) is 5.56 Å². The van der Waals surface area contributed by atoms with Crippen molar-refractivity contribution in [3.63, 3.8) is 0 Å². The lowest BCUT2D eigenvalue weighted by Crippen LogP contribution is -2.25. The highest BCUT2D eigenvalue weighted by molar-refractivity contribution is 5.76. The van der Waals surface area contributed by atoms with E-state index in [0.717, 1.165) is 25.1 Å².